The van der Waals surface area contributed by atoms with Gasteiger partial charge in [0.2, 0.25) is 5.95 Å². The zero-order valence-corrected chi connectivity index (χ0v) is 12.0. The zero-order valence-electron chi connectivity index (χ0n) is 12.0. The van der Waals surface area contributed by atoms with Crippen LogP contribution in [-0.4, -0.2) is 41.4 Å². The highest BCUT2D eigenvalue weighted by Crippen LogP contribution is 2.45. The molecule has 0 radical (unpaired) electrons. The number of aromatic amines is 1. The molecule has 3 rings (SSSR count). The molecule has 5 nitrogen and oxygen atoms in total. The molecule has 2 heterocycles. The van der Waals surface area contributed by atoms with Crippen LogP contribution in [-0.2, 0) is 0 Å². The zero-order chi connectivity index (χ0) is 13.2. The van der Waals surface area contributed by atoms with Crippen molar-refractivity contribution in [1.82, 2.24) is 20.5 Å². The van der Waals surface area contributed by atoms with Crippen LogP contribution in [0.15, 0.2) is 0 Å². The van der Waals surface area contributed by atoms with Gasteiger partial charge in [0.25, 0.3) is 0 Å². The number of H-pyrrole nitrogens is 1. The van der Waals surface area contributed by atoms with Crippen LogP contribution < -0.4 is 10.2 Å². The van der Waals surface area contributed by atoms with E-state index in [0.29, 0.717) is 5.92 Å². The van der Waals surface area contributed by atoms with Crippen molar-refractivity contribution in [2.24, 2.45) is 11.8 Å². The number of nitrogens with zero attached hydrogens (tertiary/aromatic N) is 3. The van der Waals surface area contributed by atoms with Crippen molar-refractivity contribution in [3.63, 3.8) is 0 Å². The van der Waals surface area contributed by atoms with Gasteiger partial charge in [0, 0.05) is 19.0 Å². The van der Waals surface area contributed by atoms with Gasteiger partial charge in [-0.3, -0.25) is 5.10 Å². The largest absolute Gasteiger partial charge is 0.340 e. The second kappa shape index (κ2) is 5.49. The van der Waals surface area contributed by atoms with Crippen LogP contribution in [0.2, 0.25) is 0 Å². The van der Waals surface area contributed by atoms with Gasteiger partial charge in [0.05, 0.1) is 0 Å². The number of hydrogen-bond acceptors (Lipinski definition) is 4. The van der Waals surface area contributed by atoms with Crippen LogP contribution in [0.5, 0.6) is 0 Å². The molecule has 0 aromatic carbocycles. The summed E-state index contributed by atoms with van der Waals surface area (Å²) in [6, 6.07) is 0. The molecule has 0 bridgehead atoms. The molecule has 0 amide bonds. The van der Waals surface area contributed by atoms with Crippen LogP contribution in [0.4, 0.5) is 5.95 Å². The van der Waals surface area contributed by atoms with Gasteiger partial charge in [-0.25, -0.2) is 0 Å². The van der Waals surface area contributed by atoms with Gasteiger partial charge in [-0.1, -0.05) is 13.8 Å². The van der Waals surface area contributed by atoms with E-state index < -0.39 is 0 Å². The monoisotopic (exact) mass is 263 g/mol. The standard InChI is InChI=1S/C14H25N5/c1-3-15-9-11-4-6-19(7-5-11)14-16-13(17-18-14)12-8-10(12)2/h10-12,15H,3-9H2,1-2H3,(H,16,17,18). The van der Waals surface area contributed by atoms with E-state index in [4.69, 9.17) is 0 Å². The maximum atomic E-state index is 4.68. The summed E-state index contributed by atoms with van der Waals surface area (Å²) in [4.78, 5) is 7.01. The Morgan fingerprint density at radius 2 is 2.11 bits per heavy atom. The minimum absolute atomic E-state index is 0.632. The van der Waals surface area contributed by atoms with Gasteiger partial charge < -0.3 is 10.2 Å². The minimum atomic E-state index is 0.632. The molecular formula is C14H25N5. The maximum absolute atomic E-state index is 4.68. The fraction of sp³-hybridized carbons (Fsp3) is 0.857. The first-order valence-electron chi connectivity index (χ1n) is 7.66. The Hall–Kier alpha value is -1.10. The molecule has 0 spiro atoms. The van der Waals surface area contributed by atoms with E-state index in [0.717, 1.165) is 49.8 Å². The van der Waals surface area contributed by atoms with Crippen LogP contribution in [0.25, 0.3) is 0 Å². The molecule has 1 aliphatic heterocycles. The van der Waals surface area contributed by atoms with E-state index in [9.17, 15) is 0 Å². The molecule has 1 aliphatic carbocycles. The van der Waals surface area contributed by atoms with Crippen molar-refractivity contribution in [3.8, 4) is 0 Å². The predicted octanol–water partition coefficient (Wildman–Crippen LogP) is 1.75. The van der Waals surface area contributed by atoms with Crippen molar-refractivity contribution in [2.75, 3.05) is 31.1 Å². The summed E-state index contributed by atoms with van der Waals surface area (Å²) in [6.07, 6.45) is 3.76. The van der Waals surface area contributed by atoms with E-state index in [1.54, 1.807) is 0 Å². The third-order valence-corrected chi connectivity index (χ3v) is 4.53. The first kappa shape index (κ1) is 12.9. The highest BCUT2D eigenvalue weighted by Gasteiger charge is 2.37. The first-order chi connectivity index (χ1) is 9.28. The van der Waals surface area contributed by atoms with E-state index >= 15 is 0 Å². The number of nitrogens with one attached hydrogen (secondary N) is 2. The van der Waals surface area contributed by atoms with Crippen LogP contribution in [0.1, 0.15) is 44.9 Å². The van der Waals surface area contributed by atoms with Crippen molar-refractivity contribution >= 4 is 5.95 Å². The smallest absolute Gasteiger partial charge is 0.244 e. The number of aromatic nitrogens is 3. The number of anilines is 1. The van der Waals surface area contributed by atoms with Crippen molar-refractivity contribution in [3.05, 3.63) is 5.82 Å². The first-order valence-corrected chi connectivity index (χ1v) is 7.66. The van der Waals surface area contributed by atoms with Gasteiger partial charge in [0.15, 0.2) is 0 Å². The lowest BCUT2D eigenvalue weighted by Crippen LogP contribution is -2.37. The van der Waals surface area contributed by atoms with Gasteiger partial charge in [0.1, 0.15) is 5.82 Å². The average Bonchev–Trinajstić information content (AvgIpc) is 2.98. The fourth-order valence-corrected chi connectivity index (χ4v) is 2.96. The molecule has 1 saturated heterocycles. The lowest BCUT2D eigenvalue weighted by molar-refractivity contribution is 0.384. The van der Waals surface area contributed by atoms with E-state index in [1.165, 1.54) is 19.3 Å². The summed E-state index contributed by atoms with van der Waals surface area (Å²) < 4.78 is 0. The summed E-state index contributed by atoms with van der Waals surface area (Å²) in [5.41, 5.74) is 0. The Labute approximate surface area is 115 Å². The molecule has 19 heavy (non-hydrogen) atoms. The topological polar surface area (TPSA) is 56.8 Å². The second-order valence-corrected chi connectivity index (χ2v) is 6.08. The van der Waals surface area contributed by atoms with Gasteiger partial charge >= 0.3 is 0 Å². The molecule has 2 unspecified atom stereocenters. The second-order valence-electron chi connectivity index (χ2n) is 6.08. The molecule has 1 aromatic rings. The predicted molar refractivity (Wildman–Crippen MR) is 76.4 cm³/mol. The SMILES string of the molecule is CCNCC1CCN(c2n[nH]c(C3CC3C)n2)CC1. The number of rotatable bonds is 5. The molecule has 2 aliphatic rings. The van der Waals surface area contributed by atoms with E-state index in [1.807, 2.05) is 0 Å². The molecule has 1 aromatic heterocycles. The number of piperidine rings is 1. The summed E-state index contributed by atoms with van der Waals surface area (Å²) >= 11 is 0. The van der Waals surface area contributed by atoms with Crippen molar-refractivity contribution in [2.45, 2.75) is 39.0 Å². The summed E-state index contributed by atoms with van der Waals surface area (Å²) in [5, 5.41) is 11.0. The maximum Gasteiger partial charge on any atom is 0.244 e. The molecule has 1 saturated carbocycles. The fourth-order valence-electron chi connectivity index (χ4n) is 2.96. The third-order valence-electron chi connectivity index (χ3n) is 4.53. The van der Waals surface area contributed by atoms with Gasteiger partial charge in [-0.15, -0.1) is 5.10 Å². The lowest BCUT2D eigenvalue weighted by Gasteiger charge is -2.31. The van der Waals surface area contributed by atoms with Crippen LogP contribution >= 0.6 is 0 Å². The third kappa shape index (κ3) is 2.91. The molecule has 2 atom stereocenters. The summed E-state index contributed by atoms with van der Waals surface area (Å²) in [7, 11) is 0. The Kier molecular flexibility index (Phi) is 3.73. The van der Waals surface area contributed by atoms with Gasteiger partial charge in [-0.05, 0) is 44.2 Å². The molecular weight excluding hydrogens is 238 g/mol. The molecule has 5 heteroatoms. The Bertz CT molecular complexity index is 408. The summed E-state index contributed by atoms with van der Waals surface area (Å²) in [5.74, 6) is 4.24. The van der Waals surface area contributed by atoms with E-state index in [-0.39, 0.29) is 0 Å². The Balaban J connectivity index is 1.52. The molecule has 2 N–H and O–H groups in total. The van der Waals surface area contributed by atoms with Crippen LogP contribution in [0, 0.1) is 11.8 Å². The Morgan fingerprint density at radius 1 is 1.37 bits per heavy atom. The molecule has 2 fully saturated rings. The normalized spacial score (nSPS) is 27.8. The number of hydrogen-bond donors (Lipinski definition) is 2. The van der Waals surface area contributed by atoms with Gasteiger partial charge in [-0.2, -0.15) is 4.98 Å². The quantitative estimate of drug-likeness (QED) is 0.850. The highest BCUT2D eigenvalue weighted by atomic mass is 15.4. The van der Waals surface area contributed by atoms with Crippen molar-refractivity contribution < 1.29 is 0 Å². The minimum Gasteiger partial charge on any atom is -0.340 e. The molecule has 106 valence electrons. The lowest BCUT2D eigenvalue weighted by atomic mass is 9.97. The Morgan fingerprint density at radius 3 is 2.74 bits per heavy atom. The van der Waals surface area contributed by atoms with Crippen molar-refractivity contribution in [1.29, 1.82) is 0 Å². The van der Waals surface area contributed by atoms with E-state index in [2.05, 4.69) is 39.2 Å². The average molecular weight is 263 g/mol. The summed E-state index contributed by atoms with van der Waals surface area (Å²) in [6.45, 7) is 8.86. The highest BCUT2D eigenvalue weighted by molar-refractivity contribution is 5.30. The van der Waals surface area contributed by atoms with Crippen LogP contribution in [0.3, 0.4) is 0 Å².